The summed E-state index contributed by atoms with van der Waals surface area (Å²) in [6.45, 7) is 4.14. The highest BCUT2D eigenvalue weighted by Crippen LogP contribution is 2.08. The molecule has 1 aromatic heterocycles. The normalized spacial score (nSPS) is 16.3. The van der Waals surface area contributed by atoms with Gasteiger partial charge < -0.3 is 23.7 Å². The average molecular weight is 361 g/mol. The van der Waals surface area contributed by atoms with E-state index in [2.05, 4.69) is 0 Å². The van der Waals surface area contributed by atoms with Gasteiger partial charge in [-0.2, -0.15) is 0 Å². The quantitative estimate of drug-likeness (QED) is 0.251. The van der Waals surface area contributed by atoms with Gasteiger partial charge in [0.25, 0.3) is 0 Å². The summed E-state index contributed by atoms with van der Waals surface area (Å²) in [7, 11) is 0. The van der Waals surface area contributed by atoms with Crippen molar-refractivity contribution in [2.75, 3.05) is 33.4 Å². The van der Waals surface area contributed by atoms with Crippen LogP contribution in [0, 0.1) is 0 Å². The van der Waals surface area contributed by atoms with Crippen LogP contribution >= 0.6 is 0 Å². The lowest BCUT2D eigenvalue weighted by Crippen LogP contribution is -2.55. The summed E-state index contributed by atoms with van der Waals surface area (Å²) in [6, 6.07) is 0. The Morgan fingerprint density at radius 2 is 1.28 bits per heavy atom. The standard InChI is InChI=1S/C14H23N3O8/c1-3-21-9-23-7-16-12(18)15(5-11-6-25-11)13(19)17(14(16)20)8-24-10-22-4-2/h11H,3-10H2,1-2H3. The molecule has 1 aliphatic rings. The largest absolute Gasteiger partial charge is 0.371 e. The molecule has 0 saturated carbocycles. The smallest absolute Gasteiger partial charge is 0.340 e. The molecule has 0 aromatic carbocycles. The van der Waals surface area contributed by atoms with Crippen molar-refractivity contribution in [1.29, 1.82) is 0 Å². The summed E-state index contributed by atoms with van der Waals surface area (Å²) in [5, 5.41) is 0. The first-order valence-corrected chi connectivity index (χ1v) is 7.97. The minimum atomic E-state index is -0.823. The monoisotopic (exact) mass is 361 g/mol. The first-order valence-electron chi connectivity index (χ1n) is 7.97. The molecule has 1 fully saturated rings. The number of aromatic nitrogens is 3. The number of ether oxygens (including phenoxy) is 5. The SMILES string of the molecule is CCOCOCn1c(=O)n(COCOCC)c(=O)n(CC2CO2)c1=O. The fourth-order valence-corrected chi connectivity index (χ4v) is 1.98. The van der Waals surface area contributed by atoms with Crippen molar-refractivity contribution < 1.29 is 23.7 Å². The lowest BCUT2D eigenvalue weighted by Gasteiger charge is -2.13. The van der Waals surface area contributed by atoms with Crippen LogP contribution in [0.1, 0.15) is 13.8 Å². The van der Waals surface area contributed by atoms with Crippen LogP contribution in [0.15, 0.2) is 14.4 Å². The lowest BCUT2D eigenvalue weighted by atomic mass is 10.5. The second kappa shape index (κ2) is 9.63. The maximum absolute atomic E-state index is 12.4. The van der Waals surface area contributed by atoms with E-state index in [9.17, 15) is 14.4 Å². The van der Waals surface area contributed by atoms with Crippen molar-refractivity contribution in [3.63, 3.8) is 0 Å². The molecule has 1 aliphatic heterocycles. The van der Waals surface area contributed by atoms with E-state index in [4.69, 9.17) is 23.7 Å². The molecule has 1 saturated heterocycles. The van der Waals surface area contributed by atoms with Crippen LogP contribution in [0.25, 0.3) is 0 Å². The fourth-order valence-electron chi connectivity index (χ4n) is 1.98. The van der Waals surface area contributed by atoms with Crippen LogP contribution in [0.2, 0.25) is 0 Å². The van der Waals surface area contributed by atoms with Crippen molar-refractivity contribution in [1.82, 2.24) is 13.7 Å². The van der Waals surface area contributed by atoms with Gasteiger partial charge in [0.2, 0.25) is 0 Å². The molecule has 0 N–H and O–H groups in total. The Hall–Kier alpha value is -1.79. The molecule has 11 nitrogen and oxygen atoms in total. The predicted molar refractivity (Wildman–Crippen MR) is 84.1 cm³/mol. The minimum absolute atomic E-state index is 0.0644. The maximum Gasteiger partial charge on any atom is 0.340 e. The molecule has 2 rings (SSSR count). The molecule has 1 aromatic rings. The van der Waals surface area contributed by atoms with Gasteiger partial charge in [-0.1, -0.05) is 0 Å². The highest BCUT2D eigenvalue weighted by atomic mass is 16.7. The van der Waals surface area contributed by atoms with Gasteiger partial charge in [-0.3, -0.25) is 0 Å². The molecule has 1 atom stereocenters. The third kappa shape index (κ3) is 5.34. The van der Waals surface area contributed by atoms with Crippen LogP contribution in [0.4, 0.5) is 0 Å². The summed E-state index contributed by atoms with van der Waals surface area (Å²) in [4.78, 5) is 37.3. The number of hydrogen-bond acceptors (Lipinski definition) is 8. The number of rotatable bonds is 12. The Kier molecular flexibility index (Phi) is 7.52. The van der Waals surface area contributed by atoms with Crippen LogP contribution < -0.4 is 17.1 Å². The van der Waals surface area contributed by atoms with Gasteiger partial charge in [0, 0.05) is 13.2 Å². The molecule has 0 amide bonds. The van der Waals surface area contributed by atoms with E-state index in [1.54, 1.807) is 13.8 Å². The van der Waals surface area contributed by atoms with Crippen molar-refractivity contribution in [2.24, 2.45) is 0 Å². The predicted octanol–water partition coefficient (Wildman–Crippen LogP) is -1.49. The first-order chi connectivity index (χ1) is 12.1. The van der Waals surface area contributed by atoms with Crippen LogP contribution in [-0.2, 0) is 43.7 Å². The van der Waals surface area contributed by atoms with E-state index in [1.807, 2.05) is 0 Å². The molecule has 142 valence electrons. The zero-order valence-corrected chi connectivity index (χ0v) is 14.3. The molecule has 0 spiro atoms. The van der Waals surface area contributed by atoms with Gasteiger partial charge >= 0.3 is 17.1 Å². The van der Waals surface area contributed by atoms with Gasteiger partial charge in [0.1, 0.15) is 27.0 Å². The molecular formula is C14H23N3O8. The highest BCUT2D eigenvalue weighted by molar-refractivity contribution is 4.81. The van der Waals surface area contributed by atoms with Gasteiger partial charge in [0.05, 0.1) is 19.3 Å². The van der Waals surface area contributed by atoms with E-state index in [0.717, 1.165) is 13.7 Å². The van der Waals surface area contributed by atoms with E-state index >= 15 is 0 Å². The second-order valence-corrected chi connectivity index (χ2v) is 5.16. The van der Waals surface area contributed by atoms with E-state index < -0.39 is 17.1 Å². The lowest BCUT2D eigenvalue weighted by molar-refractivity contribution is -0.0848. The molecule has 1 unspecified atom stereocenters. The zero-order valence-electron chi connectivity index (χ0n) is 14.3. The zero-order chi connectivity index (χ0) is 18.2. The Morgan fingerprint density at radius 1 is 0.840 bits per heavy atom. The van der Waals surface area contributed by atoms with Crippen LogP contribution in [0.5, 0.6) is 0 Å². The van der Waals surface area contributed by atoms with Crippen LogP contribution in [0.3, 0.4) is 0 Å². The van der Waals surface area contributed by atoms with Gasteiger partial charge in [0.15, 0.2) is 0 Å². The molecular weight excluding hydrogens is 338 g/mol. The summed E-state index contributed by atoms with van der Waals surface area (Å²) < 4.78 is 27.9. The Bertz CT molecular complexity index is 668. The average Bonchev–Trinajstić information content (AvgIpc) is 3.41. The Morgan fingerprint density at radius 3 is 1.68 bits per heavy atom. The van der Waals surface area contributed by atoms with E-state index in [1.165, 1.54) is 0 Å². The summed E-state index contributed by atoms with van der Waals surface area (Å²) in [6.07, 6.45) is -0.210. The van der Waals surface area contributed by atoms with E-state index in [0.29, 0.717) is 19.8 Å². The second-order valence-electron chi connectivity index (χ2n) is 5.16. The Balaban J connectivity index is 2.27. The fraction of sp³-hybridized carbons (Fsp3) is 0.786. The molecule has 2 heterocycles. The van der Waals surface area contributed by atoms with Crippen molar-refractivity contribution in [3.8, 4) is 0 Å². The third-order valence-corrected chi connectivity index (χ3v) is 3.36. The molecule has 11 heteroatoms. The highest BCUT2D eigenvalue weighted by Gasteiger charge is 2.26. The van der Waals surface area contributed by atoms with Gasteiger partial charge in [-0.05, 0) is 13.8 Å². The molecule has 25 heavy (non-hydrogen) atoms. The summed E-state index contributed by atoms with van der Waals surface area (Å²) in [5.41, 5.74) is -2.35. The van der Waals surface area contributed by atoms with E-state index in [-0.39, 0.29) is 39.7 Å². The first kappa shape index (κ1) is 19.5. The number of hydrogen-bond donors (Lipinski definition) is 0. The topological polar surface area (TPSA) is 115 Å². The van der Waals surface area contributed by atoms with Crippen LogP contribution in [-0.4, -0.2) is 53.2 Å². The third-order valence-electron chi connectivity index (χ3n) is 3.36. The summed E-state index contributed by atoms with van der Waals surface area (Å²) in [5.74, 6) is 0. The van der Waals surface area contributed by atoms with Crippen molar-refractivity contribution in [2.45, 2.75) is 40.0 Å². The number of epoxide rings is 1. The minimum Gasteiger partial charge on any atom is -0.371 e. The molecule has 0 radical (unpaired) electrons. The van der Waals surface area contributed by atoms with Crippen molar-refractivity contribution >= 4 is 0 Å². The van der Waals surface area contributed by atoms with Gasteiger partial charge in [-0.15, -0.1) is 0 Å². The number of nitrogens with zero attached hydrogens (tertiary/aromatic N) is 3. The molecule has 0 bridgehead atoms. The summed E-state index contributed by atoms with van der Waals surface area (Å²) >= 11 is 0. The van der Waals surface area contributed by atoms with Crippen molar-refractivity contribution in [3.05, 3.63) is 31.5 Å². The molecule has 0 aliphatic carbocycles. The Labute approximate surface area is 143 Å². The van der Waals surface area contributed by atoms with Gasteiger partial charge in [-0.25, -0.2) is 28.1 Å². The maximum atomic E-state index is 12.4.